The summed E-state index contributed by atoms with van der Waals surface area (Å²) in [6, 6.07) is 4.67. The molecule has 1 aromatic rings. The summed E-state index contributed by atoms with van der Waals surface area (Å²) in [5.41, 5.74) is 2.88. The Bertz CT molecular complexity index is 422. The van der Waals surface area contributed by atoms with Crippen molar-refractivity contribution < 1.29 is 13.5 Å². The number of hydrogen-bond donors (Lipinski definition) is 1. The van der Waals surface area contributed by atoms with Gasteiger partial charge in [-0.25, -0.2) is 0 Å². The van der Waals surface area contributed by atoms with Gasteiger partial charge in [0.05, 0.1) is 20.6 Å². The molecule has 0 aromatic heterocycles. The molecule has 0 spiro atoms. The summed E-state index contributed by atoms with van der Waals surface area (Å²) in [5.74, 6) is 0.136. The summed E-state index contributed by atoms with van der Waals surface area (Å²) in [4.78, 5) is 0.394. The van der Waals surface area contributed by atoms with Gasteiger partial charge >= 0.3 is 5.44 Å². The second kappa shape index (κ2) is 3.67. The number of halogens is 2. The molecule has 16 heavy (non-hydrogen) atoms. The van der Waals surface area contributed by atoms with Crippen LogP contribution in [0, 0.1) is 0 Å². The third-order valence-corrected chi connectivity index (χ3v) is 2.85. The van der Waals surface area contributed by atoms with Gasteiger partial charge in [-0.1, -0.05) is 11.4 Å². The van der Waals surface area contributed by atoms with Crippen LogP contribution in [-0.4, -0.2) is 26.5 Å². The fourth-order valence-electron chi connectivity index (χ4n) is 1.46. The predicted octanol–water partition coefficient (Wildman–Crippen LogP) is 1.21. The lowest BCUT2D eigenvalue weighted by Crippen LogP contribution is -2.43. The molecule has 4 radical (unpaired) electrons. The lowest BCUT2D eigenvalue weighted by molar-refractivity contribution is -0.0822. The maximum absolute atomic E-state index is 12.9. The molecule has 2 N–H and O–H groups in total. The molecule has 0 unspecified atom stereocenters. The Morgan fingerprint density at radius 2 is 2.12 bits per heavy atom. The van der Waals surface area contributed by atoms with Crippen LogP contribution in [0.5, 0.6) is 5.75 Å². The van der Waals surface area contributed by atoms with Crippen molar-refractivity contribution in [1.82, 2.24) is 0 Å². The van der Waals surface area contributed by atoms with Crippen LogP contribution in [0.25, 0.3) is 0 Å². The van der Waals surface area contributed by atoms with Crippen molar-refractivity contribution in [3.05, 3.63) is 23.8 Å². The fourth-order valence-corrected chi connectivity index (χ4v) is 2.18. The van der Waals surface area contributed by atoms with Gasteiger partial charge in [0, 0.05) is 0 Å². The first-order chi connectivity index (χ1) is 7.25. The minimum absolute atomic E-state index is 0.136. The first-order valence-corrected chi connectivity index (χ1v) is 5.32. The first kappa shape index (κ1) is 11.8. The van der Waals surface area contributed by atoms with Crippen molar-refractivity contribution in [3.63, 3.8) is 0 Å². The Morgan fingerprint density at radius 1 is 1.44 bits per heavy atom. The molecule has 0 amide bonds. The molecule has 0 atom stereocenters. The van der Waals surface area contributed by atoms with E-state index in [0.717, 1.165) is 0 Å². The maximum Gasteiger partial charge on any atom is 0.457 e. The molecule has 1 aromatic carbocycles. The standard InChI is InChI=1S/C9H7B2F2NOS/c10-8(11,14)4-5-1-2-7-6(3-5)15-9(12,13)16-7/h1-3H,4,14H2. The largest absolute Gasteiger partial charge is 0.457 e. The average Bonchev–Trinajstić information content (AvgIpc) is 2.34. The van der Waals surface area contributed by atoms with Crippen LogP contribution in [0.1, 0.15) is 5.56 Å². The Hall–Kier alpha value is -0.680. The van der Waals surface area contributed by atoms with Gasteiger partial charge in [-0.15, -0.1) is 0 Å². The van der Waals surface area contributed by atoms with Crippen LogP contribution < -0.4 is 10.5 Å². The summed E-state index contributed by atoms with van der Waals surface area (Å²) in [7, 11) is 10.9. The second-order valence-electron chi connectivity index (χ2n) is 3.74. The van der Waals surface area contributed by atoms with Crippen LogP contribution in [0.4, 0.5) is 8.78 Å². The number of rotatable bonds is 2. The Kier molecular flexibility index (Phi) is 2.70. The number of hydrogen-bond acceptors (Lipinski definition) is 3. The van der Waals surface area contributed by atoms with E-state index >= 15 is 0 Å². The lowest BCUT2D eigenvalue weighted by atomic mass is 9.60. The van der Waals surface area contributed by atoms with Gasteiger partial charge in [-0.3, -0.25) is 0 Å². The second-order valence-corrected chi connectivity index (χ2v) is 4.86. The molecule has 1 aliphatic rings. The van der Waals surface area contributed by atoms with Crippen LogP contribution in [0.2, 0.25) is 0 Å². The van der Waals surface area contributed by atoms with Crippen LogP contribution in [0.3, 0.4) is 0 Å². The predicted molar refractivity (Wildman–Crippen MR) is 60.0 cm³/mol. The van der Waals surface area contributed by atoms with E-state index in [9.17, 15) is 8.78 Å². The molecule has 0 aliphatic carbocycles. The van der Waals surface area contributed by atoms with E-state index < -0.39 is 10.8 Å². The van der Waals surface area contributed by atoms with Crippen molar-refractivity contribution in [2.75, 3.05) is 0 Å². The zero-order valence-corrected chi connectivity index (χ0v) is 9.06. The van der Waals surface area contributed by atoms with Crippen molar-refractivity contribution in [1.29, 1.82) is 0 Å². The van der Waals surface area contributed by atoms with Crippen molar-refractivity contribution in [3.8, 4) is 5.75 Å². The summed E-state index contributed by atoms with van der Waals surface area (Å²) in [5, 5.41) is -1.36. The lowest BCUT2D eigenvalue weighted by Gasteiger charge is -2.19. The molecule has 0 saturated heterocycles. The Morgan fingerprint density at radius 3 is 2.75 bits per heavy atom. The van der Waals surface area contributed by atoms with E-state index in [1.165, 1.54) is 6.07 Å². The number of thioether (sulfide) groups is 1. The summed E-state index contributed by atoms with van der Waals surface area (Å²) in [6.07, 6.45) is 0.180. The van der Waals surface area contributed by atoms with Crippen LogP contribution in [-0.2, 0) is 6.42 Å². The van der Waals surface area contributed by atoms with E-state index in [-0.39, 0.29) is 12.2 Å². The molecule has 0 fully saturated rings. The average molecular weight is 237 g/mol. The molecule has 80 valence electrons. The number of benzene rings is 1. The first-order valence-electron chi connectivity index (χ1n) is 4.51. The van der Waals surface area contributed by atoms with Crippen LogP contribution in [0.15, 0.2) is 23.1 Å². The molecule has 7 heteroatoms. The monoisotopic (exact) mass is 237 g/mol. The number of nitrogens with two attached hydrogens (primary N) is 1. The topological polar surface area (TPSA) is 35.2 Å². The van der Waals surface area contributed by atoms with Crippen molar-refractivity contribution in [2.45, 2.75) is 22.1 Å². The van der Waals surface area contributed by atoms with E-state index in [1.807, 2.05) is 0 Å². The van der Waals surface area contributed by atoms with Crippen LogP contribution >= 0.6 is 11.8 Å². The Balaban J connectivity index is 2.23. The van der Waals surface area contributed by atoms with Gasteiger partial charge in [0.25, 0.3) is 0 Å². The normalized spacial score (nSPS) is 17.9. The van der Waals surface area contributed by atoms with Crippen molar-refractivity contribution >= 4 is 27.5 Å². The quantitative estimate of drug-likeness (QED) is 0.785. The van der Waals surface area contributed by atoms with E-state index in [4.69, 9.17) is 21.4 Å². The van der Waals surface area contributed by atoms with Gasteiger partial charge in [0.1, 0.15) is 5.75 Å². The molecule has 2 rings (SSSR count). The minimum atomic E-state index is -3.20. The third-order valence-electron chi connectivity index (χ3n) is 1.98. The summed E-state index contributed by atoms with van der Waals surface area (Å²) >= 11 is 0.371. The zero-order chi connectivity index (χ0) is 12.0. The third kappa shape index (κ3) is 2.71. The van der Waals surface area contributed by atoms with E-state index in [0.29, 0.717) is 22.2 Å². The number of fused-ring (bicyclic) bond motifs is 1. The molecule has 0 bridgehead atoms. The number of alkyl halides is 2. The molecule has 0 saturated carbocycles. The van der Waals surface area contributed by atoms with Gasteiger partial charge < -0.3 is 10.5 Å². The highest BCUT2D eigenvalue weighted by atomic mass is 32.2. The highest BCUT2D eigenvalue weighted by Gasteiger charge is 2.41. The highest BCUT2D eigenvalue weighted by molar-refractivity contribution is 8.00. The highest BCUT2D eigenvalue weighted by Crippen LogP contribution is 2.49. The van der Waals surface area contributed by atoms with E-state index in [1.54, 1.807) is 12.1 Å². The van der Waals surface area contributed by atoms with Gasteiger partial charge in [0.2, 0.25) is 0 Å². The van der Waals surface area contributed by atoms with Gasteiger partial charge in [-0.2, -0.15) is 8.78 Å². The fraction of sp³-hybridized carbons (Fsp3) is 0.333. The van der Waals surface area contributed by atoms with Gasteiger partial charge in [-0.05, 0) is 35.9 Å². The smallest absolute Gasteiger partial charge is 0.423 e. The Labute approximate surface area is 98.7 Å². The SMILES string of the molecule is [B]C([B])(N)Cc1ccc2c(c1)OC(F)(F)S2. The van der Waals surface area contributed by atoms with E-state index in [2.05, 4.69) is 4.74 Å². The molecule has 1 aliphatic heterocycles. The molecule has 2 nitrogen and oxygen atoms in total. The number of ether oxygens (including phenoxy) is 1. The zero-order valence-electron chi connectivity index (χ0n) is 8.24. The molecular formula is C9H7B2F2NOS. The molecule has 1 heterocycles. The molecular weight excluding hydrogens is 230 g/mol. The van der Waals surface area contributed by atoms with Gasteiger partial charge in [0.15, 0.2) is 0 Å². The maximum atomic E-state index is 12.9. The summed E-state index contributed by atoms with van der Waals surface area (Å²) in [6.45, 7) is 0. The van der Waals surface area contributed by atoms with Crippen molar-refractivity contribution in [2.24, 2.45) is 5.73 Å². The minimum Gasteiger partial charge on any atom is -0.423 e. The summed E-state index contributed by atoms with van der Waals surface area (Å²) < 4.78 is 30.2.